The van der Waals surface area contributed by atoms with Crippen molar-refractivity contribution in [3.63, 3.8) is 0 Å². The van der Waals surface area contributed by atoms with Crippen LogP contribution in [0.15, 0.2) is 40.8 Å². The SMILES string of the molecule is CCCc1ccccc1NC(C)c1ccc(C(=O)O)o1. The Morgan fingerprint density at radius 2 is 2.05 bits per heavy atom. The molecule has 1 heterocycles. The normalized spacial score (nSPS) is 12.1. The molecule has 0 spiro atoms. The van der Waals surface area contributed by atoms with Gasteiger partial charge < -0.3 is 14.8 Å². The number of aryl methyl sites for hydroxylation is 1. The summed E-state index contributed by atoms with van der Waals surface area (Å²) in [6.45, 7) is 4.10. The van der Waals surface area contributed by atoms with Gasteiger partial charge in [0.1, 0.15) is 5.76 Å². The van der Waals surface area contributed by atoms with Crippen LogP contribution in [0.2, 0.25) is 0 Å². The molecule has 0 aliphatic rings. The van der Waals surface area contributed by atoms with E-state index in [2.05, 4.69) is 18.3 Å². The van der Waals surface area contributed by atoms with Gasteiger partial charge in [0.2, 0.25) is 5.76 Å². The van der Waals surface area contributed by atoms with Gasteiger partial charge in [-0.05, 0) is 37.1 Å². The summed E-state index contributed by atoms with van der Waals surface area (Å²) in [6.07, 6.45) is 2.09. The van der Waals surface area contributed by atoms with Gasteiger partial charge in [-0.2, -0.15) is 0 Å². The zero-order valence-electron chi connectivity index (χ0n) is 11.7. The molecule has 1 aromatic carbocycles. The minimum absolute atomic E-state index is 0.0320. The predicted octanol–water partition coefficient (Wildman–Crippen LogP) is 4.10. The standard InChI is InChI=1S/C16H19NO3/c1-3-6-12-7-4-5-8-13(12)17-11(2)14-9-10-15(20-14)16(18)19/h4-5,7-11,17H,3,6H2,1-2H3,(H,18,19). The largest absolute Gasteiger partial charge is 0.475 e. The second kappa shape index (κ2) is 6.28. The van der Waals surface area contributed by atoms with Gasteiger partial charge in [-0.1, -0.05) is 31.5 Å². The fraction of sp³-hybridized carbons (Fsp3) is 0.312. The van der Waals surface area contributed by atoms with Crippen LogP contribution in [-0.4, -0.2) is 11.1 Å². The number of rotatable bonds is 6. The molecule has 2 N–H and O–H groups in total. The number of aromatic carboxylic acids is 1. The Morgan fingerprint density at radius 3 is 2.70 bits per heavy atom. The van der Waals surface area contributed by atoms with Crippen LogP contribution in [0.25, 0.3) is 0 Å². The highest BCUT2D eigenvalue weighted by Crippen LogP contribution is 2.24. The van der Waals surface area contributed by atoms with E-state index < -0.39 is 5.97 Å². The molecule has 1 atom stereocenters. The second-order valence-electron chi connectivity index (χ2n) is 4.78. The maximum atomic E-state index is 10.8. The number of furan rings is 1. The predicted molar refractivity (Wildman–Crippen MR) is 78.1 cm³/mol. The van der Waals surface area contributed by atoms with Crippen LogP contribution >= 0.6 is 0 Å². The Hall–Kier alpha value is -2.23. The van der Waals surface area contributed by atoms with E-state index in [9.17, 15) is 4.79 Å². The van der Waals surface area contributed by atoms with E-state index >= 15 is 0 Å². The van der Waals surface area contributed by atoms with Crippen LogP contribution in [0.5, 0.6) is 0 Å². The van der Waals surface area contributed by atoms with Crippen molar-refractivity contribution in [2.45, 2.75) is 32.7 Å². The van der Waals surface area contributed by atoms with E-state index in [0.717, 1.165) is 18.5 Å². The second-order valence-corrected chi connectivity index (χ2v) is 4.78. The smallest absolute Gasteiger partial charge is 0.371 e. The van der Waals surface area contributed by atoms with Crippen molar-refractivity contribution in [2.24, 2.45) is 0 Å². The van der Waals surface area contributed by atoms with Crippen molar-refractivity contribution >= 4 is 11.7 Å². The molecule has 0 aliphatic heterocycles. The summed E-state index contributed by atoms with van der Waals surface area (Å²) in [6, 6.07) is 11.2. The molecular weight excluding hydrogens is 254 g/mol. The molecule has 0 saturated carbocycles. The molecule has 0 fully saturated rings. The molecule has 0 bridgehead atoms. The van der Waals surface area contributed by atoms with Crippen molar-refractivity contribution < 1.29 is 14.3 Å². The van der Waals surface area contributed by atoms with Crippen molar-refractivity contribution in [3.05, 3.63) is 53.5 Å². The average molecular weight is 273 g/mol. The molecule has 2 rings (SSSR count). The third kappa shape index (κ3) is 3.20. The third-order valence-corrected chi connectivity index (χ3v) is 3.17. The van der Waals surface area contributed by atoms with E-state index in [-0.39, 0.29) is 11.8 Å². The van der Waals surface area contributed by atoms with E-state index in [4.69, 9.17) is 9.52 Å². The fourth-order valence-electron chi connectivity index (χ4n) is 2.15. The summed E-state index contributed by atoms with van der Waals surface area (Å²) >= 11 is 0. The first-order valence-electron chi connectivity index (χ1n) is 6.79. The summed E-state index contributed by atoms with van der Waals surface area (Å²) in [5, 5.41) is 12.2. The molecule has 0 aliphatic carbocycles. The van der Waals surface area contributed by atoms with Gasteiger partial charge in [0.25, 0.3) is 0 Å². The number of para-hydroxylation sites is 1. The Balaban J connectivity index is 2.14. The van der Waals surface area contributed by atoms with E-state index in [0.29, 0.717) is 5.76 Å². The number of carbonyl (C=O) groups is 1. The zero-order chi connectivity index (χ0) is 14.5. The van der Waals surface area contributed by atoms with Crippen molar-refractivity contribution in [2.75, 3.05) is 5.32 Å². The molecule has 106 valence electrons. The number of hydrogen-bond acceptors (Lipinski definition) is 3. The van der Waals surface area contributed by atoms with Crippen LogP contribution < -0.4 is 5.32 Å². The Morgan fingerprint density at radius 1 is 1.30 bits per heavy atom. The number of benzene rings is 1. The van der Waals surface area contributed by atoms with Crippen molar-refractivity contribution in [1.29, 1.82) is 0 Å². The highest BCUT2D eigenvalue weighted by Gasteiger charge is 2.14. The quantitative estimate of drug-likeness (QED) is 0.831. The van der Waals surface area contributed by atoms with Gasteiger partial charge >= 0.3 is 5.97 Å². The van der Waals surface area contributed by atoms with Gasteiger partial charge in [0, 0.05) is 5.69 Å². The van der Waals surface area contributed by atoms with Gasteiger partial charge in [-0.25, -0.2) is 4.79 Å². The Bertz CT molecular complexity index is 589. The lowest BCUT2D eigenvalue weighted by molar-refractivity contribution is 0.0660. The van der Waals surface area contributed by atoms with Crippen LogP contribution in [0.1, 0.15) is 48.2 Å². The van der Waals surface area contributed by atoms with Gasteiger partial charge in [-0.3, -0.25) is 0 Å². The molecule has 2 aromatic rings. The molecule has 4 heteroatoms. The summed E-state index contributed by atoms with van der Waals surface area (Å²) in [4.78, 5) is 10.8. The highest BCUT2D eigenvalue weighted by molar-refractivity contribution is 5.84. The van der Waals surface area contributed by atoms with Crippen LogP contribution in [-0.2, 0) is 6.42 Å². The van der Waals surface area contributed by atoms with Crippen molar-refractivity contribution in [1.82, 2.24) is 0 Å². The fourth-order valence-corrected chi connectivity index (χ4v) is 2.15. The first kappa shape index (κ1) is 14.2. The first-order valence-corrected chi connectivity index (χ1v) is 6.79. The minimum Gasteiger partial charge on any atom is -0.475 e. The molecule has 20 heavy (non-hydrogen) atoms. The monoisotopic (exact) mass is 273 g/mol. The molecule has 4 nitrogen and oxygen atoms in total. The molecule has 0 saturated heterocycles. The van der Waals surface area contributed by atoms with Gasteiger partial charge in [0.05, 0.1) is 6.04 Å². The molecule has 0 radical (unpaired) electrons. The topological polar surface area (TPSA) is 62.5 Å². The first-order chi connectivity index (χ1) is 9.61. The van der Waals surface area contributed by atoms with Gasteiger partial charge in [0.15, 0.2) is 0 Å². The van der Waals surface area contributed by atoms with Crippen LogP contribution in [0, 0.1) is 0 Å². The molecular formula is C16H19NO3. The zero-order valence-corrected chi connectivity index (χ0v) is 11.7. The summed E-state index contributed by atoms with van der Waals surface area (Å²) in [7, 11) is 0. The summed E-state index contributed by atoms with van der Waals surface area (Å²) in [5.41, 5.74) is 2.32. The minimum atomic E-state index is -1.05. The molecule has 0 amide bonds. The Kier molecular flexibility index (Phi) is 4.45. The van der Waals surface area contributed by atoms with Crippen LogP contribution in [0.4, 0.5) is 5.69 Å². The number of carboxylic acids is 1. The van der Waals surface area contributed by atoms with E-state index in [1.54, 1.807) is 6.07 Å². The van der Waals surface area contributed by atoms with E-state index in [1.807, 2.05) is 25.1 Å². The lowest BCUT2D eigenvalue weighted by atomic mass is 10.1. The van der Waals surface area contributed by atoms with Gasteiger partial charge in [-0.15, -0.1) is 0 Å². The van der Waals surface area contributed by atoms with Crippen LogP contribution in [0.3, 0.4) is 0 Å². The third-order valence-electron chi connectivity index (χ3n) is 3.17. The maximum Gasteiger partial charge on any atom is 0.371 e. The molecule has 1 unspecified atom stereocenters. The average Bonchev–Trinajstić information content (AvgIpc) is 2.91. The maximum absolute atomic E-state index is 10.8. The lowest BCUT2D eigenvalue weighted by Gasteiger charge is -2.16. The number of carboxylic acid groups (broad SMARTS) is 1. The highest BCUT2D eigenvalue weighted by atomic mass is 16.4. The number of anilines is 1. The summed E-state index contributed by atoms with van der Waals surface area (Å²) in [5.74, 6) is -0.459. The van der Waals surface area contributed by atoms with Crippen molar-refractivity contribution in [3.8, 4) is 0 Å². The lowest BCUT2D eigenvalue weighted by Crippen LogP contribution is -2.07. The Labute approximate surface area is 118 Å². The van der Waals surface area contributed by atoms with E-state index in [1.165, 1.54) is 11.6 Å². The molecule has 1 aromatic heterocycles. The summed E-state index contributed by atoms with van der Waals surface area (Å²) < 4.78 is 5.32. The number of nitrogens with one attached hydrogen (secondary N) is 1. The number of hydrogen-bond donors (Lipinski definition) is 2.